The lowest BCUT2D eigenvalue weighted by Gasteiger charge is -2.35. The van der Waals surface area contributed by atoms with E-state index in [-0.39, 0.29) is 36.4 Å². The van der Waals surface area contributed by atoms with Crippen molar-refractivity contribution in [3.63, 3.8) is 0 Å². The van der Waals surface area contributed by atoms with Gasteiger partial charge in [0.1, 0.15) is 5.60 Å². The molecule has 1 aromatic rings. The van der Waals surface area contributed by atoms with Gasteiger partial charge in [0, 0.05) is 28.9 Å². The van der Waals surface area contributed by atoms with Crippen LogP contribution in [0.4, 0.5) is 4.79 Å². The van der Waals surface area contributed by atoms with Gasteiger partial charge in [0.15, 0.2) is 11.6 Å². The van der Waals surface area contributed by atoms with Crippen LogP contribution in [-0.2, 0) is 9.53 Å². The number of Topliss-reactive ketones (excluding diaryl/α,β-unsaturated/α-hetero) is 2. The highest BCUT2D eigenvalue weighted by Gasteiger charge is 2.51. The molecule has 2 bridgehead atoms. The maximum atomic E-state index is 12.9. The second-order valence-corrected chi connectivity index (χ2v) is 9.37. The highest BCUT2D eigenvalue weighted by Crippen LogP contribution is 2.43. The van der Waals surface area contributed by atoms with Gasteiger partial charge in [-0.1, -0.05) is 28.1 Å². The van der Waals surface area contributed by atoms with E-state index in [1.165, 1.54) is 0 Å². The summed E-state index contributed by atoms with van der Waals surface area (Å²) in [6.07, 6.45) is 2.65. The maximum absolute atomic E-state index is 12.9. The minimum absolute atomic E-state index is 0.0291. The second-order valence-electron chi connectivity index (χ2n) is 8.46. The largest absolute Gasteiger partial charge is 0.444 e. The van der Waals surface area contributed by atoms with Gasteiger partial charge in [-0.05, 0) is 58.1 Å². The SMILES string of the molecule is CC(C)(C)OC(=O)N1[C@@H]2CC[C@@H](C2)[C@H]1C(=O)CCC(=O)c1ccc(Br)cc1. The smallest absolute Gasteiger partial charge is 0.411 e. The molecule has 2 fully saturated rings. The summed E-state index contributed by atoms with van der Waals surface area (Å²) in [7, 11) is 0. The minimum Gasteiger partial charge on any atom is -0.444 e. The number of halogens is 1. The van der Waals surface area contributed by atoms with E-state index in [0.717, 1.165) is 23.7 Å². The van der Waals surface area contributed by atoms with Crippen LogP contribution < -0.4 is 0 Å². The quantitative estimate of drug-likeness (QED) is 0.624. The number of benzene rings is 1. The molecule has 3 rings (SSSR count). The Kier molecular flexibility index (Phi) is 5.75. The zero-order valence-corrected chi connectivity index (χ0v) is 17.6. The molecule has 1 saturated heterocycles. The summed E-state index contributed by atoms with van der Waals surface area (Å²) in [5.41, 5.74) is 0.00675. The van der Waals surface area contributed by atoms with Crippen molar-refractivity contribution >= 4 is 33.6 Å². The van der Waals surface area contributed by atoms with Gasteiger partial charge in [-0.25, -0.2) is 4.79 Å². The van der Waals surface area contributed by atoms with Crippen LogP contribution in [0.1, 0.15) is 63.2 Å². The van der Waals surface area contributed by atoms with Crippen LogP contribution in [0.3, 0.4) is 0 Å². The van der Waals surface area contributed by atoms with Crippen LogP contribution in [0.25, 0.3) is 0 Å². The fraction of sp³-hybridized carbons (Fsp3) is 0.571. The number of carbonyl (C=O) groups excluding carboxylic acids is 3. The highest BCUT2D eigenvalue weighted by atomic mass is 79.9. The third-order valence-corrected chi connectivity index (χ3v) is 5.81. The molecule has 1 aliphatic carbocycles. The van der Waals surface area contributed by atoms with E-state index in [2.05, 4.69) is 15.9 Å². The average Bonchev–Trinajstić information content (AvgIpc) is 3.19. The van der Waals surface area contributed by atoms with Gasteiger partial charge in [-0.2, -0.15) is 0 Å². The van der Waals surface area contributed by atoms with Crippen molar-refractivity contribution in [2.24, 2.45) is 5.92 Å². The molecule has 5 nitrogen and oxygen atoms in total. The third-order valence-electron chi connectivity index (χ3n) is 5.28. The first-order valence-electron chi connectivity index (χ1n) is 9.48. The second kappa shape index (κ2) is 7.74. The van der Waals surface area contributed by atoms with Crippen molar-refractivity contribution in [2.75, 3.05) is 0 Å². The molecule has 6 heteroatoms. The lowest BCUT2D eigenvalue weighted by Crippen LogP contribution is -2.50. The molecule has 1 aliphatic heterocycles. The molecular weight excluding hydrogens is 410 g/mol. The average molecular weight is 436 g/mol. The van der Waals surface area contributed by atoms with Crippen LogP contribution in [0.2, 0.25) is 0 Å². The number of nitrogens with zero attached hydrogens (tertiary/aromatic N) is 1. The van der Waals surface area contributed by atoms with E-state index < -0.39 is 17.7 Å². The van der Waals surface area contributed by atoms with Gasteiger partial charge in [-0.15, -0.1) is 0 Å². The van der Waals surface area contributed by atoms with Gasteiger partial charge >= 0.3 is 6.09 Å². The summed E-state index contributed by atoms with van der Waals surface area (Å²) in [6, 6.07) is 6.77. The van der Waals surface area contributed by atoms with Gasteiger partial charge in [0.05, 0.1) is 6.04 Å². The van der Waals surface area contributed by atoms with Gasteiger partial charge in [0.2, 0.25) is 0 Å². The predicted molar refractivity (Wildman–Crippen MR) is 106 cm³/mol. The van der Waals surface area contributed by atoms with E-state index in [1.54, 1.807) is 17.0 Å². The third kappa shape index (κ3) is 4.60. The number of piperidine rings is 1. The molecule has 0 unspecified atom stereocenters. The summed E-state index contributed by atoms with van der Waals surface area (Å²) >= 11 is 3.35. The van der Waals surface area contributed by atoms with E-state index in [9.17, 15) is 14.4 Å². The molecule has 3 atom stereocenters. The standard InChI is InChI=1S/C21H26BrNO4/c1-21(2,3)27-20(26)23-16-9-6-14(12-16)19(23)18(25)11-10-17(24)13-4-7-15(22)8-5-13/h4-5,7-8,14,16,19H,6,9-12H2,1-3H3/t14-,16+,19-/m0/s1. The van der Waals surface area contributed by atoms with Crippen molar-refractivity contribution in [1.29, 1.82) is 0 Å². The number of ketones is 2. The van der Waals surface area contributed by atoms with Crippen LogP contribution >= 0.6 is 15.9 Å². The fourth-order valence-corrected chi connectivity index (χ4v) is 4.41. The predicted octanol–water partition coefficient (Wildman–Crippen LogP) is 4.77. The van der Waals surface area contributed by atoms with Crippen LogP contribution in [0, 0.1) is 5.92 Å². The highest BCUT2D eigenvalue weighted by molar-refractivity contribution is 9.10. The molecule has 0 spiro atoms. The molecule has 2 aliphatic rings. The molecule has 1 aromatic carbocycles. The normalized spacial score (nSPS) is 24.1. The molecular formula is C21H26BrNO4. The Morgan fingerprint density at radius 1 is 1.11 bits per heavy atom. The summed E-state index contributed by atoms with van der Waals surface area (Å²) in [5, 5.41) is 0. The van der Waals surface area contributed by atoms with Crippen molar-refractivity contribution < 1.29 is 19.1 Å². The Bertz CT molecular complexity index is 738. The van der Waals surface area contributed by atoms with Gasteiger partial charge in [-0.3, -0.25) is 14.5 Å². The summed E-state index contributed by atoms with van der Waals surface area (Å²) in [6.45, 7) is 5.48. The number of fused-ring (bicyclic) bond motifs is 2. The zero-order chi connectivity index (χ0) is 19.8. The van der Waals surface area contributed by atoms with Crippen LogP contribution in [0.5, 0.6) is 0 Å². The number of ether oxygens (including phenoxy) is 1. The summed E-state index contributed by atoms with van der Waals surface area (Å²) < 4.78 is 6.43. The Balaban J connectivity index is 1.64. The van der Waals surface area contributed by atoms with E-state index in [4.69, 9.17) is 4.74 Å². The maximum Gasteiger partial charge on any atom is 0.411 e. The summed E-state index contributed by atoms with van der Waals surface area (Å²) in [5.74, 6) is 0.110. The number of carbonyl (C=O) groups is 3. The van der Waals surface area contributed by atoms with E-state index >= 15 is 0 Å². The molecule has 1 amide bonds. The molecule has 1 saturated carbocycles. The van der Waals surface area contributed by atoms with Crippen LogP contribution in [-0.4, -0.2) is 40.2 Å². The fourth-order valence-electron chi connectivity index (χ4n) is 4.15. The molecule has 0 radical (unpaired) electrons. The Morgan fingerprint density at radius 3 is 2.41 bits per heavy atom. The molecule has 27 heavy (non-hydrogen) atoms. The molecule has 0 N–H and O–H groups in total. The number of likely N-dealkylation sites (tertiary alicyclic amines) is 1. The molecule has 0 aromatic heterocycles. The van der Waals surface area contributed by atoms with E-state index in [1.807, 2.05) is 32.9 Å². The number of amides is 1. The Hall–Kier alpha value is -1.69. The lowest BCUT2D eigenvalue weighted by molar-refractivity contribution is -0.125. The zero-order valence-electron chi connectivity index (χ0n) is 16.0. The Morgan fingerprint density at radius 2 is 1.78 bits per heavy atom. The van der Waals surface area contributed by atoms with Crippen molar-refractivity contribution in [3.05, 3.63) is 34.3 Å². The van der Waals surface area contributed by atoms with Crippen molar-refractivity contribution in [3.8, 4) is 0 Å². The Labute approximate surface area is 168 Å². The van der Waals surface area contributed by atoms with Crippen LogP contribution in [0.15, 0.2) is 28.7 Å². The summed E-state index contributed by atoms with van der Waals surface area (Å²) in [4.78, 5) is 39.5. The monoisotopic (exact) mass is 435 g/mol. The van der Waals surface area contributed by atoms with Gasteiger partial charge < -0.3 is 4.74 Å². The first kappa shape index (κ1) is 20.1. The van der Waals surface area contributed by atoms with Crippen molar-refractivity contribution in [2.45, 2.75) is 70.6 Å². The first-order valence-corrected chi connectivity index (χ1v) is 10.3. The lowest BCUT2D eigenvalue weighted by atomic mass is 9.92. The van der Waals surface area contributed by atoms with E-state index in [0.29, 0.717) is 5.56 Å². The molecule has 146 valence electrons. The minimum atomic E-state index is -0.593. The van der Waals surface area contributed by atoms with Gasteiger partial charge in [0.25, 0.3) is 0 Å². The topological polar surface area (TPSA) is 63.7 Å². The van der Waals surface area contributed by atoms with Crippen molar-refractivity contribution in [1.82, 2.24) is 4.90 Å². The number of hydrogen-bond donors (Lipinski definition) is 0. The number of hydrogen-bond acceptors (Lipinski definition) is 4. The molecule has 1 heterocycles. The number of rotatable bonds is 5. The first-order chi connectivity index (χ1) is 12.7.